The molecule has 188 valence electrons. The average molecular weight is 517 g/mol. The van der Waals surface area contributed by atoms with Gasteiger partial charge in [-0.2, -0.15) is 0 Å². The highest BCUT2D eigenvalue weighted by Gasteiger charge is 2.49. The molecule has 1 fully saturated rings. The fourth-order valence-corrected chi connectivity index (χ4v) is 5.39. The molecule has 1 aliphatic heterocycles. The second-order valence-electron chi connectivity index (χ2n) is 8.47. The maximum absolute atomic E-state index is 13.5. The third-order valence-electron chi connectivity index (χ3n) is 6.29. The van der Waals surface area contributed by atoms with Gasteiger partial charge in [0, 0.05) is 11.1 Å². The number of amides is 1. The summed E-state index contributed by atoms with van der Waals surface area (Å²) in [5.74, 6) is -0.311. The summed E-state index contributed by atoms with van der Waals surface area (Å²) in [7, 11) is 4.60. The lowest BCUT2D eigenvalue weighted by Crippen LogP contribution is -2.29. The van der Waals surface area contributed by atoms with Crippen LogP contribution in [0.15, 0.2) is 66.2 Å². The fraction of sp³-hybridized carbons (Fsp3) is 0.179. The molecule has 0 radical (unpaired) electrons. The van der Waals surface area contributed by atoms with E-state index >= 15 is 0 Å². The van der Waals surface area contributed by atoms with Crippen LogP contribution in [0.5, 0.6) is 17.2 Å². The Morgan fingerprint density at radius 2 is 1.59 bits per heavy atom. The molecule has 1 atom stereocenters. The van der Waals surface area contributed by atoms with Crippen LogP contribution >= 0.6 is 11.3 Å². The molecule has 1 amide bonds. The highest BCUT2D eigenvalue weighted by molar-refractivity contribution is 7.22. The zero-order valence-electron chi connectivity index (χ0n) is 20.6. The quantitative estimate of drug-likeness (QED) is 0.212. The van der Waals surface area contributed by atoms with Gasteiger partial charge in [0.05, 0.1) is 37.1 Å². The number of aliphatic hydroxyl groups is 1. The maximum atomic E-state index is 13.5. The Bertz CT molecular complexity index is 1560. The lowest BCUT2D eigenvalue weighted by molar-refractivity contribution is -0.132. The standard InChI is InChI=1S/C28H24N2O6S/c1-15-5-7-16(8-6-15)25(31)23-24(19-13-17(34-2)10-12-21(19)36-4)30(27(33)26(23)32)28-29-20-11-9-18(35-3)14-22(20)37-28/h5-14,24,31H,1-4H3/b25-23+. The lowest BCUT2D eigenvalue weighted by atomic mass is 9.94. The molecule has 37 heavy (non-hydrogen) atoms. The molecule has 3 aromatic carbocycles. The molecule has 5 rings (SSSR count). The fourth-order valence-electron chi connectivity index (χ4n) is 4.37. The molecule has 2 heterocycles. The summed E-state index contributed by atoms with van der Waals surface area (Å²) >= 11 is 1.25. The Kier molecular flexibility index (Phi) is 6.31. The van der Waals surface area contributed by atoms with Gasteiger partial charge in [0.15, 0.2) is 5.13 Å². The van der Waals surface area contributed by atoms with Crippen molar-refractivity contribution in [2.45, 2.75) is 13.0 Å². The molecule has 0 bridgehead atoms. The van der Waals surface area contributed by atoms with Gasteiger partial charge in [0.25, 0.3) is 5.78 Å². The number of Topliss-reactive ketones (excluding diaryl/α,β-unsaturated/α-hetero) is 1. The number of methoxy groups -OCH3 is 3. The van der Waals surface area contributed by atoms with Crippen LogP contribution in [-0.2, 0) is 9.59 Å². The van der Waals surface area contributed by atoms with E-state index in [1.165, 1.54) is 30.5 Å². The van der Waals surface area contributed by atoms with Crippen LogP contribution in [0, 0.1) is 6.92 Å². The number of rotatable bonds is 6. The maximum Gasteiger partial charge on any atom is 0.301 e. The van der Waals surface area contributed by atoms with E-state index in [4.69, 9.17) is 14.2 Å². The summed E-state index contributed by atoms with van der Waals surface area (Å²) in [5, 5.41) is 11.7. The minimum absolute atomic E-state index is 0.0581. The van der Waals surface area contributed by atoms with Crippen LogP contribution in [0.1, 0.15) is 22.7 Å². The number of thiazole rings is 1. The number of aryl methyl sites for hydroxylation is 1. The summed E-state index contributed by atoms with van der Waals surface area (Å²) < 4.78 is 17.1. The van der Waals surface area contributed by atoms with Crippen LogP contribution < -0.4 is 19.1 Å². The van der Waals surface area contributed by atoms with Gasteiger partial charge in [-0.1, -0.05) is 41.2 Å². The number of anilines is 1. The van der Waals surface area contributed by atoms with Crippen LogP contribution in [0.25, 0.3) is 16.0 Å². The van der Waals surface area contributed by atoms with Crippen LogP contribution in [0.4, 0.5) is 5.13 Å². The third-order valence-corrected chi connectivity index (χ3v) is 7.31. The number of hydrogen-bond acceptors (Lipinski definition) is 8. The minimum atomic E-state index is -1.01. The van der Waals surface area contributed by atoms with Crippen LogP contribution in [0.3, 0.4) is 0 Å². The SMILES string of the molecule is COc1ccc(OC)c(C2/C(=C(\O)c3ccc(C)cc3)C(=O)C(=O)N2c2nc3ccc(OC)cc3s2)c1. The second kappa shape index (κ2) is 9.59. The van der Waals surface area contributed by atoms with Crippen molar-refractivity contribution in [2.24, 2.45) is 0 Å². The van der Waals surface area contributed by atoms with Crippen molar-refractivity contribution in [3.8, 4) is 17.2 Å². The first-order valence-electron chi connectivity index (χ1n) is 11.4. The Balaban J connectivity index is 1.77. The zero-order chi connectivity index (χ0) is 26.3. The van der Waals surface area contributed by atoms with Gasteiger partial charge in [0.1, 0.15) is 29.0 Å². The Hall–Kier alpha value is -4.37. The van der Waals surface area contributed by atoms with E-state index < -0.39 is 17.7 Å². The molecule has 9 heteroatoms. The molecule has 1 aromatic heterocycles. The molecule has 4 aromatic rings. The number of fused-ring (bicyclic) bond motifs is 1. The number of nitrogens with zero attached hydrogens (tertiary/aromatic N) is 2. The molecule has 0 saturated carbocycles. The van der Waals surface area contributed by atoms with Gasteiger partial charge < -0.3 is 19.3 Å². The Labute approximate surface area is 217 Å². The largest absolute Gasteiger partial charge is 0.507 e. The number of benzene rings is 3. The number of aliphatic hydroxyl groups excluding tert-OH is 1. The average Bonchev–Trinajstić information content (AvgIpc) is 3.45. The Morgan fingerprint density at radius 1 is 0.919 bits per heavy atom. The van der Waals surface area contributed by atoms with E-state index in [0.29, 0.717) is 39.0 Å². The van der Waals surface area contributed by atoms with E-state index in [1.807, 2.05) is 25.1 Å². The predicted molar refractivity (Wildman–Crippen MR) is 142 cm³/mol. The highest BCUT2D eigenvalue weighted by atomic mass is 32.1. The monoisotopic (exact) mass is 516 g/mol. The van der Waals surface area contributed by atoms with Gasteiger partial charge in [-0.05, 0) is 43.3 Å². The van der Waals surface area contributed by atoms with E-state index in [1.54, 1.807) is 49.6 Å². The molecule has 1 aliphatic rings. The Morgan fingerprint density at radius 3 is 2.27 bits per heavy atom. The normalized spacial score (nSPS) is 16.9. The van der Waals surface area contributed by atoms with Crippen molar-refractivity contribution in [2.75, 3.05) is 26.2 Å². The lowest BCUT2D eigenvalue weighted by Gasteiger charge is -2.25. The van der Waals surface area contributed by atoms with Crippen LogP contribution in [0.2, 0.25) is 0 Å². The first kappa shape index (κ1) is 24.3. The van der Waals surface area contributed by atoms with Crippen molar-refractivity contribution in [3.05, 3.63) is 82.9 Å². The summed E-state index contributed by atoms with van der Waals surface area (Å²) in [4.78, 5) is 33.0. The number of carbonyl (C=O) groups is 2. The van der Waals surface area contributed by atoms with E-state index in [0.717, 1.165) is 10.3 Å². The number of ether oxygens (including phenoxy) is 3. The zero-order valence-corrected chi connectivity index (χ0v) is 21.5. The van der Waals surface area contributed by atoms with E-state index in [-0.39, 0.29) is 11.3 Å². The number of hydrogen-bond donors (Lipinski definition) is 1. The van der Waals surface area contributed by atoms with Crippen molar-refractivity contribution >= 4 is 44.1 Å². The molecule has 0 aliphatic carbocycles. The van der Waals surface area contributed by atoms with Gasteiger partial charge in [-0.15, -0.1) is 0 Å². The molecule has 1 unspecified atom stereocenters. The van der Waals surface area contributed by atoms with Gasteiger partial charge >= 0.3 is 5.91 Å². The summed E-state index contributed by atoms with van der Waals surface area (Å²) in [6.45, 7) is 1.92. The van der Waals surface area contributed by atoms with Gasteiger partial charge in [-0.3, -0.25) is 14.5 Å². The first-order chi connectivity index (χ1) is 17.9. The van der Waals surface area contributed by atoms with Gasteiger partial charge in [0.2, 0.25) is 0 Å². The van der Waals surface area contributed by atoms with E-state index in [2.05, 4.69) is 4.98 Å². The number of carbonyl (C=O) groups excluding carboxylic acids is 2. The molecular formula is C28H24N2O6S. The molecule has 8 nitrogen and oxygen atoms in total. The predicted octanol–water partition coefficient (Wildman–Crippen LogP) is 5.26. The highest BCUT2D eigenvalue weighted by Crippen LogP contribution is 2.47. The third kappa shape index (κ3) is 4.17. The molecule has 1 saturated heterocycles. The molecule has 1 N–H and O–H groups in total. The minimum Gasteiger partial charge on any atom is -0.507 e. The summed E-state index contributed by atoms with van der Waals surface area (Å²) in [5.41, 5.74) is 2.49. The van der Waals surface area contributed by atoms with Crippen molar-refractivity contribution in [3.63, 3.8) is 0 Å². The topological polar surface area (TPSA) is 98.2 Å². The van der Waals surface area contributed by atoms with Crippen LogP contribution in [-0.4, -0.2) is 43.1 Å². The van der Waals surface area contributed by atoms with Gasteiger partial charge in [-0.25, -0.2) is 4.98 Å². The number of ketones is 1. The molecule has 0 spiro atoms. The first-order valence-corrected chi connectivity index (χ1v) is 12.2. The summed E-state index contributed by atoms with van der Waals surface area (Å²) in [6.07, 6.45) is 0. The van der Waals surface area contributed by atoms with Crippen molar-refractivity contribution < 1.29 is 28.9 Å². The van der Waals surface area contributed by atoms with Crippen molar-refractivity contribution in [1.29, 1.82) is 0 Å². The van der Waals surface area contributed by atoms with Crippen molar-refractivity contribution in [1.82, 2.24) is 4.98 Å². The number of aromatic nitrogens is 1. The van der Waals surface area contributed by atoms with E-state index in [9.17, 15) is 14.7 Å². The second-order valence-corrected chi connectivity index (χ2v) is 9.48. The smallest absolute Gasteiger partial charge is 0.301 e. The molecular weight excluding hydrogens is 492 g/mol. The summed E-state index contributed by atoms with van der Waals surface area (Å²) in [6, 6.07) is 16.6.